The van der Waals surface area contributed by atoms with Crippen LogP contribution in [-0.2, 0) is 14.6 Å². The number of Topliss-reactive ketones (excluding diaryl/α,β-unsaturated/α-hetero) is 1. The summed E-state index contributed by atoms with van der Waals surface area (Å²) >= 11 is 0. The maximum atomic E-state index is 12.5. The maximum Gasteiger partial charge on any atom is 0.185 e. The first-order valence-electron chi connectivity index (χ1n) is 7.82. The van der Waals surface area contributed by atoms with Crippen molar-refractivity contribution in [3.05, 3.63) is 36.4 Å². The van der Waals surface area contributed by atoms with Crippen LogP contribution in [0.25, 0.3) is 10.8 Å². The van der Waals surface area contributed by atoms with Crippen molar-refractivity contribution in [2.24, 2.45) is 11.7 Å². The number of fused-ring (bicyclic) bond motifs is 1. The summed E-state index contributed by atoms with van der Waals surface area (Å²) in [7, 11) is -2.13. The largest absolute Gasteiger partial charge is 0.497 e. The molecular weight excluding hydrogens is 326 g/mol. The van der Waals surface area contributed by atoms with Gasteiger partial charge in [0.05, 0.1) is 18.0 Å². The first-order valence-corrected chi connectivity index (χ1v) is 9.47. The van der Waals surface area contributed by atoms with Crippen LogP contribution in [0.2, 0.25) is 0 Å². The summed E-state index contributed by atoms with van der Waals surface area (Å²) in [5.74, 6) is -0.0727. The molecule has 0 heterocycles. The number of nitrogens with two attached hydrogens (primary N) is 1. The molecule has 130 valence electrons. The summed E-state index contributed by atoms with van der Waals surface area (Å²) in [5.41, 5.74) is 5.80. The topological polar surface area (TPSA) is 86.5 Å². The number of ketones is 1. The minimum atomic E-state index is -3.71. The summed E-state index contributed by atoms with van der Waals surface area (Å²) < 4.78 is 30.2. The molecule has 0 aromatic heterocycles. The lowest BCUT2D eigenvalue weighted by Crippen LogP contribution is -2.36. The highest BCUT2D eigenvalue weighted by Gasteiger charge is 2.24. The predicted octanol–water partition coefficient (Wildman–Crippen LogP) is 2.56. The van der Waals surface area contributed by atoms with Crippen LogP contribution in [0.3, 0.4) is 0 Å². The predicted molar refractivity (Wildman–Crippen MR) is 95.0 cm³/mol. The molecule has 2 aromatic rings. The second kappa shape index (κ2) is 7.32. The van der Waals surface area contributed by atoms with Crippen LogP contribution in [0, 0.1) is 5.92 Å². The average molecular weight is 349 g/mol. The second-order valence-corrected chi connectivity index (χ2v) is 8.33. The Labute approximate surface area is 142 Å². The molecule has 2 aromatic carbocycles. The van der Waals surface area contributed by atoms with Gasteiger partial charge in [0.1, 0.15) is 11.5 Å². The second-order valence-electron chi connectivity index (χ2n) is 6.34. The monoisotopic (exact) mass is 349 g/mol. The molecule has 6 heteroatoms. The highest BCUT2D eigenvalue weighted by atomic mass is 32.2. The highest BCUT2D eigenvalue weighted by molar-refractivity contribution is 7.92. The normalized spacial score (nSPS) is 13.2. The molecule has 24 heavy (non-hydrogen) atoms. The Morgan fingerprint density at radius 1 is 1.12 bits per heavy atom. The molecule has 0 saturated carbocycles. The van der Waals surface area contributed by atoms with Gasteiger partial charge in [-0.3, -0.25) is 4.79 Å². The molecule has 0 aliphatic carbocycles. The van der Waals surface area contributed by atoms with Crippen molar-refractivity contribution in [1.82, 2.24) is 0 Å². The number of hydrogen-bond acceptors (Lipinski definition) is 5. The van der Waals surface area contributed by atoms with Gasteiger partial charge in [-0.1, -0.05) is 26.0 Å². The zero-order valence-electron chi connectivity index (χ0n) is 14.2. The van der Waals surface area contributed by atoms with Gasteiger partial charge >= 0.3 is 0 Å². The van der Waals surface area contributed by atoms with Crippen LogP contribution in [0.5, 0.6) is 5.75 Å². The molecule has 0 fully saturated rings. The van der Waals surface area contributed by atoms with E-state index in [-0.39, 0.29) is 10.8 Å². The van der Waals surface area contributed by atoms with E-state index in [9.17, 15) is 13.2 Å². The number of methoxy groups -OCH3 is 1. The molecule has 1 atom stereocenters. The Balaban J connectivity index is 2.25. The zero-order valence-corrected chi connectivity index (χ0v) is 15.0. The average Bonchev–Trinajstić information content (AvgIpc) is 2.52. The van der Waals surface area contributed by atoms with Crippen LogP contribution in [0.1, 0.15) is 20.3 Å². The molecule has 0 aliphatic heterocycles. The minimum Gasteiger partial charge on any atom is -0.497 e. The molecule has 2 rings (SSSR count). The van der Waals surface area contributed by atoms with Crippen molar-refractivity contribution in [3.8, 4) is 5.75 Å². The van der Waals surface area contributed by atoms with Crippen molar-refractivity contribution in [3.63, 3.8) is 0 Å². The fraction of sp³-hybridized carbons (Fsp3) is 0.389. The Hall–Kier alpha value is -1.92. The van der Waals surface area contributed by atoms with Crippen molar-refractivity contribution < 1.29 is 17.9 Å². The van der Waals surface area contributed by atoms with Gasteiger partial charge in [-0.25, -0.2) is 8.42 Å². The molecule has 5 nitrogen and oxygen atoms in total. The van der Waals surface area contributed by atoms with Gasteiger partial charge in [0.2, 0.25) is 0 Å². The number of hydrogen-bond donors (Lipinski definition) is 1. The number of sulfone groups is 1. The van der Waals surface area contributed by atoms with Gasteiger partial charge in [-0.05, 0) is 47.4 Å². The van der Waals surface area contributed by atoms with E-state index in [1.54, 1.807) is 31.4 Å². The summed E-state index contributed by atoms with van der Waals surface area (Å²) in [4.78, 5) is 12.2. The van der Waals surface area contributed by atoms with Gasteiger partial charge in [0, 0.05) is 0 Å². The van der Waals surface area contributed by atoms with Gasteiger partial charge < -0.3 is 10.5 Å². The Bertz CT molecular complexity index is 843. The van der Waals surface area contributed by atoms with E-state index in [4.69, 9.17) is 10.5 Å². The summed E-state index contributed by atoms with van der Waals surface area (Å²) in [6.45, 7) is 3.89. The first kappa shape index (κ1) is 18.4. The standard InChI is InChI=1S/C18H23NO4S/c1-12(2)8-17(19)18(20)11-24(21,22)16-7-5-13-9-15(23-3)6-4-14(13)10-16/h4-7,9-10,12,17H,8,11,19H2,1-3H3/t17-/m0/s1. The number of rotatable bonds is 7. The molecular formula is C18H23NO4S. The van der Waals surface area contributed by atoms with Crippen LogP contribution in [0.15, 0.2) is 41.3 Å². The Morgan fingerprint density at radius 2 is 1.75 bits per heavy atom. The molecule has 2 N–H and O–H groups in total. The molecule has 0 saturated heterocycles. The van der Waals surface area contributed by atoms with E-state index in [0.717, 1.165) is 10.8 Å². The molecule has 0 spiro atoms. The number of carbonyl (C=O) groups excluding carboxylic acids is 1. The smallest absolute Gasteiger partial charge is 0.185 e. The zero-order chi connectivity index (χ0) is 17.9. The maximum absolute atomic E-state index is 12.5. The van der Waals surface area contributed by atoms with Crippen molar-refractivity contribution in [2.45, 2.75) is 31.2 Å². The lowest BCUT2D eigenvalue weighted by Gasteiger charge is -2.13. The SMILES string of the molecule is COc1ccc2cc(S(=O)(=O)CC(=O)[C@@H](N)CC(C)C)ccc2c1. The van der Waals surface area contributed by atoms with Crippen LogP contribution >= 0.6 is 0 Å². The van der Waals surface area contributed by atoms with Gasteiger partial charge in [-0.15, -0.1) is 0 Å². The lowest BCUT2D eigenvalue weighted by molar-refractivity contribution is -0.118. The molecule has 0 amide bonds. The van der Waals surface area contributed by atoms with Gasteiger partial charge in [0.25, 0.3) is 0 Å². The van der Waals surface area contributed by atoms with Crippen LogP contribution in [-0.4, -0.2) is 33.1 Å². The minimum absolute atomic E-state index is 0.130. The van der Waals surface area contributed by atoms with Crippen molar-refractivity contribution in [1.29, 1.82) is 0 Å². The van der Waals surface area contributed by atoms with E-state index in [0.29, 0.717) is 12.2 Å². The summed E-state index contributed by atoms with van der Waals surface area (Å²) in [5, 5.41) is 1.65. The molecule has 0 bridgehead atoms. The lowest BCUT2D eigenvalue weighted by atomic mass is 10.0. The first-order chi connectivity index (χ1) is 11.2. The van der Waals surface area contributed by atoms with E-state index in [1.165, 1.54) is 6.07 Å². The van der Waals surface area contributed by atoms with E-state index < -0.39 is 27.4 Å². The van der Waals surface area contributed by atoms with Crippen LogP contribution < -0.4 is 10.5 Å². The Kier molecular flexibility index (Phi) is 5.62. The third-order valence-corrected chi connectivity index (χ3v) is 5.49. The van der Waals surface area contributed by atoms with Crippen LogP contribution in [0.4, 0.5) is 0 Å². The molecule has 0 radical (unpaired) electrons. The van der Waals surface area contributed by atoms with E-state index in [2.05, 4.69) is 0 Å². The van der Waals surface area contributed by atoms with Crippen molar-refractivity contribution in [2.75, 3.05) is 12.9 Å². The van der Waals surface area contributed by atoms with E-state index in [1.807, 2.05) is 19.9 Å². The number of benzene rings is 2. The fourth-order valence-corrected chi connectivity index (χ4v) is 3.88. The summed E-state index contributed by atoms with van der Waals surface area (Å²) in [6, 6.07) is 9.44. The van der Waals surface area contributed by atoms with Crippen molar-refractivity contribution >= 4 is 26.4 Å². The van der Waals surface area contributed by atoms with Gasteiger partial charge in [-0.2, -0.15) is 0 Å². The molecule has 0 unspecified atom stereocenters. The number of ether oxygens (including phenoxy) is 1. The number of carbonyl (C=O) groups is 1. The summed E-state index contributed by atoms with van der Waals surface area (Å²) in [6.07, 6.45) is 0.478. The quantitative estimate of drug-likeness (QED) is 0.830. The van der Waals surface area contributed by atoms with E-state index >= 15 is 0 Å². The third kappa shape index (κ3) is 4.33. The third-order valence-electron chi connectivity index (χ3n) is 3.85. The fourth-order valence-electron chi connectivity index (χ4n) is 2.54. The Morgan fingerprint density at radius 3 is 2.38 bits per heavy atom. The molecule has 0 aliphatic rings. The highest BCUT2D eigenvalue weighted by Crippen LogP contribution is 2.24. The van der Waals surface area contributed by atoms with Gasteiger partial charge in [0.15, 0.2) is 15.6 Å².